The highest BCUT2D eigenvalue weighted by Crippen LogP contribution is 2.19. The third kappa shape index (κ3) is 6.58. The van der Waals surface area contributed by atoms with Crippen molar-refractivity contribution in [3.8, 4) is 0 Å². The Hall–Kier alpha value is -2.34. The van der Waals surface area contributed by atoms with E-state index in [1.807, 2.05) is 31.2 Å². The lowest BCUT2D eigenvalue weighted by Crippen LogP contribution is -2.22. The zero-order valence-electron chi connectivity index (χ0n) is 13.9. The Labute approximate surface area is 150 Å². The molecule has 0 heterocycles. The fourth-order valence-corrected chi connectivity index (χ4v) is 3.09. The Balaban J connectivity index is 1.82. The van der Waals surface area contributed by atoms with Gasteiger partial charge < -0.3 is 10.4 Å². The predicted molar refractivity (Wildman–Crippen MR) is 98.4 cm³/mol. The van der Waals surface area contributed by atoms with Gasteiger partial charge in [0.1, 0.15) is 11.1 Å². The second kappa shape index (κ2) is 9.22. The van der Waals surface area contributed by atoms with Gasteiger partial charge in [-0.1, -0.05) is 29.8 Å². The number of carbonyl (C=O) groups is 2. The molecule has 0 aromatic heterocycles. The Morgan fingerprint density at radius 3 is 2.36 bits per heavy atom. The fourth-order valence-electron chi connectivity index (χ4n) is 2.24. The summed E-state index contributed by atoms with van der Waals surface area (Å²) in [5.41, 5.74) is 2.72. The lowest BCUT2D eigenvalue weighted by molar-refractivity contribution is -0.136. The summed E-state index contributed by atoms with van der Waals surface area (Å²) >= 11 is 1.10. The molecule has 0 radical (unpaired) electrons. The quantitative estimate of drug-likeness (QED) is 0.749. The molecule has 1 atom stereocenters. The van der Waals surface area contributed by atoms with Gasteiger partial charge in [-0.15, -0.1) is 11.8 Å². The molecular weight excluding hydrogens is 341 g/mol. The van der Waals surface area contributed by atoms with Crippen molar-refractivity contribution in [1.29, 1.82) is 0 Å². The van der Waals surface area contributed by atoms with Gasteiger partial charge in [-0.05, 0) is 49.6 Å². The van der Waals surface area contributed by atoms with Gasteiger partial charge >= 0.3 is 5.97 Å². The number of thioether (sulfide) groups is 1. The van der Waals surface area contributed by atoms with Crippen LogP contribution in [0.15, 0.2) is 48.5 Å². The number of rotatable bonds is 8. The summed E-state index contributed by atoms with van der Waals surface area (Å²) in [6.07, 6.45) is 1.09. The van der Waals surface area contributed by atoms with Gasteiger partial charge in [0.25, 0.3) is 0 Å². The van der Waals surface area contributed by atoms with Crippen molar-refractivity contribution >= 4 is 29.3 Å². The number of benzene rings is 2. The zero-order valence-corrected chi connectivity index (χ0v) is 14.7. The predicted octanol–water partition coefficient (Wildman–Crippen LogP) is 3.89. The molecule has 132 valence electrons. The molecule has 1 amide bonds. The molecule has 4 nitrogen and oxygen atoms in total. The van der Waals surface area contributed by atoms with Crippen molar-refractivity contribution in [2.45, 2.75) is 25.0 Å². The van der Waals surface area contributed by atoms with E-state index >= 15 is 0 Å². The Kier molecular flexibility index (Phi) is 7.01. The van der Waals surface area contributed by atoms with E-state index < -0.39 is 11.2 Å². The van der Waals surface area contributed by atoms with E-state index in [0.29, 0.717) is 18.5 Å². The van der Waals surface area contributed by atoms with Crippen LogP contribution in [0, 0.1) is 12.7 Å². The normalized spacial score (nSPS) is 11.8. The molecular formula is C19H20FNO3S. The molecule has 0 saturated carbocycles. The van der Waals surface area contributed by atoms with Crippen molar-refractivity contribution in [3.05, 3.63) is 65.5 Å². The molecule has 0 spiro atoms. The van der Waals surface area contributed by atoms with E-state index in [1.165, 1.54) is 24.3 Å². The van der Waals surface area contributed by atoms with E-state index in [2.05, 4.69) is 5.32 Å². The summed E-state index contributed by atoms with van der Waals surface area (Å²) in [6.45, 7) is 2.00. The van der Waals surface area contributed by atoms with Crippen molar-refractivity contribution in [3.63, 3.8) is 0 Å². The van der Waals surface area contributed by atoms with Crippen LogP contribution in [0.2, 0.25) is 0 Å². The monoisotopic (exact) mass is 361 g/mol. The van der Waals surface area contributed by atoms with Gasteiger partial charge in [0.15, 0.2) is 0 Å². The van der Waals surface area contributed by atoms with Crippen LogP contribution >= 0.6 is 11.8 Å². The van der Waals surface area contributed by atoms with Crippen LogP contribution < -0.4 is 5.32 Å². The Bertz CT molecular complexity index is 716. The third-order valence-corrected chi connectivity index (χ3v) is 4.90. The summed E-state index contributed by atoms with van der Waals surface area (Å²) in [4.78, 5) is 23.3. The first-order valence-electron chi connectivity index (χ1n) is 7.89. The minimum Gasteiger partial charge on any atom is -0.480 e. The number of anilines is 1. The molecule has 1 unspecified atom stereocenters. The standard InChI is InChI=1S/C19H20FNO3S/c1-13-2-4-14(5-3-13)6-11-17(19(23)24)25-12-18(22)21-16-9-7-15(20)8-10-16/h2-5,7-10,17H,6,11-12H2,1H3,(H,21,22)(H,23,24). The first-order chi connectivity index (χ1) is 11.9. The van der Waals surface area contributed by atoms with Crippen molar-refractivity contribution < 1.29 is 19.1 Å². The van der Waals surface area contributed by atoms with Gasteiger partial charge in [-0.3, -0.25) is 9.59 Å². The molecule has 2 N–H and O–H groups in total. The molecule has 0 aliphatic carbocycles. The maximum absolute atomic E-state index is 12.8. The third-order valence-electron chi connectivity index (χ3n) is 3.63. The number of hydrogen-bond acceptors (Lipinski definition) is 3. The molecule has 2 rings (SSSR count). The maximum atomic E-state index is 12.8. The summed E-state index contributed by atoms with van der Waals surface area (Å²) < 4.78 is 12.8. The van der Waals surface area contributed by atoms with Crippen LogP contribution in [0.5, 0.6) is 0 Å². The van der Waals surface area contributed by atoms with Crippen LogP contribution in [0.25, 0.3) is 0 Å². The van der Waals surface area contributed by atoms with Gasteiger partial charge in [-0.25, -0.2) is 4.39 Å². The number of carboxylic acid groups (broad SMARTS) is 1. The van der Waals surface area contributed by atoms with Crippen LogP contribution in [-0.2, 0) is 16.0 Å². The smallest absolute Gasteiger partial charge is 0.316 e. The van der Waals surface area contributed by atoms with Gasteiger partial charge in [-0.2, -0.15) is 0 Å². The second-order valence-electron chi connectivity index (χ2n) is 5.72. The first kappa shape index (κ1) is 19.0. The van der Waals surface area contributed by atoms with Crippen molar-refractivity contribution in [2.24, 2.45) is 0 Å². The largest absolute Gasteiger partial charge is 0.480 e. The summed E-state index contributed by atoms with van der Waals surface area (Å²) in [5, 5.41) is 11.3. The lowest BCUT2D eigenvalue weighted by Gasteiger charge is -2.12. The van der Waals surface area contributed by atoms with E-state index in [1.54, 1.807) is 0 Å². The van der Waals surface area contributed by atoms with Crippen LogP contribution in [-0.4, -0.2) is 28.0 Å². The van der Waals surface area contributed by atoms with E-state index in [0.717, 1.165) is 22.9 Å². The number of halogens is 1. The highest BCUT2D eigenvalue weighted by molar-refractivity contribution is 8.01. The average molecular weight is 361 g/mol. The molecule has 0 aliphatic rings. The van der Waals surface area contributed by atoms with Crippen molar-refractivity contribution in [2.75, 3.05) is 11.1 Å². The highest BCUT2D eigenvalue weighted by atomic mass is 32.2. The molecule has 2 aromatic carbocycles. The lowest BCUT2D eigenvalue weighted by atomic mass is 10.1. The molecule has 0 aliphatic heterocycles. The van der Waals surface area contributed by atoms with Crippen molar-refractivity contribution in [1.82, 2.24) is 0 Å². The van der Waals surface area contributed by atoms with Gasteiger partial charge in [0.05, 0.1) is 5.75 Å². The molecule has 2 aromatic rings. The van der Waals surface area contributed by atoms with E-state index in [4.69, 9.17) is 0 Å². The van der Waals surface area contributed by atoms with Crippen LogP contribution in [0.1, 0.15) is 17.5 Å². The molecule has 25 heavy (non-hydrogen) atoms. The second-order valence-corrected chi connectivity index (χ2v) is 6.91. The van der Waals surface area contributed by atoms with Gasteiger partial charge in [0.2, 0.25) is 5.91 Å². The number of hydrogen-bond donors (Lipinski definition) is 2. The summed E-state index contributed by atoms with van der Waals surface area (Å²) in [5.74, 6) is -1.58. The first-order valence-corrected chi connectivity index (χ1v) is 8.94. The summed E-state index contributed by atoms with van der Waals surface area (Å²) in [7, 11) is 0. The number of carboxylic acids is 1. The minimum absolute atomic E-state index is 0.0300. The minimum atomic E-state index is -0.924. The number of aryl methyl sites for hydroxylation is 2. The number of amides is 1. The maximum Gasteiger partial charge on any atom is 0.316 e. The Morgan fingerprint density at radius 2 is 1.76 bits per heavy atom. The van der Waals surface area contributed by atoms with E-state index in [9.17, 15) is 19.1 Å². The molecule has 0 fully saturated rings. The number of carbonyl (C=O) groups excluding carboxylic acids is 1. The highest BCUT2D eigenvalue weighted by Gasteiger charge is 2.19. The SMILES string of the molecule is Cc1ccc(CCC(SCC(=O)Nc2ccc(F)cc2)C(=O)O)cc1. The zero-order chi connectivity index (χ0) is 18.2. The number of nitrogens with one attached hydrogen (secondary N) is 1. The topological polar surface area (TPSA) is 66.4 Å². The molecule has 0 bridgehead atoms. The summed E-state index contributed by atoms with van der Waals surface area (Å²) in [6, 6.07) is 13.4. The fraction of sp³-hybridized carbons (Fsp3) is 0.263. The average Bonchev–Trinajstić information content (AvgIpc) is 2.58. The Morgan fingerprint density at radius 1 is 1.12 bits per heavy atom. The van der Waals surface area contributed by atoms with E-state index in [-0.39, 0.29) is 17.5 Å². The number of aliphatic carboxylic acids is 1. The molecule has 0 saturated heterocycles. The van der Waals surface area contributed by atoms with Gasteiger partial charge in [0, 0.05) is 5.69 Å². The van der Waals surface area contributed by atoms with Crippen LogP contribution in [0.3, 0.4) is 0 Å². The van der Waals surface area contributed by atoms with Crippen LogP contribution in [0.4, 0.5) is 10.1 Å². The molecule has 6 heteroatoms.